The summed E-state index contributed by atoms with van der Waals surface area (Å²) >= 11 is 0. The molecule has 0 unspecified atom stereocenters. The van der Waals surface area contributed by atoms with Crippen molar-refractivity contribution in [2.45, 2.75) is 25.8 Å². The van der Waals surface area contributed by atoms with E-state index in [9.17, 15) is 4.79 Å². The number of aliphatic carboxylic acids is 1. The number of carbonyl (C=O) groups is 1. The van der Waals surface area contributed by atoms with Crippen molar-refractivity contribution >= 4 is 5.97 Å². The molecule has 3 nitrogen and oxygen atoms in total. The van der Waals surface area contributed by atoms with E-state index in [1.54, 1.807) is 0 Å². The van der Waals surface area contributed by atoms with E-state index in [2.05, 4.69) is 0 Å². The lowest BCUT2D eigenvalue weighted by Crippen LogP contribution is -2.46. The highest BCUT2D eigenvalue weighted by molar-refractivity contribution is 5.78. The molecule has 0 heterocycles. The van der Waals surface area contributed by atoms with Crippen molar-refractivity contribution in [2.24, 2.45) is 5.73 Å². The van der Waals surface area contributed by atoms with Crippen molar-refractivity contribution in [1.29, 1.82) is 0 Å². The molecule has 76 valence electrons. The van der Waals surface area contributed by atoms with Crippen LogP contribution in [0.2, 0.25) is 0 Å². The predicted molar refractivity (Wildman–Crippen MR) is 55.1 cm³/mol. The summed E-state index contributed by atoms with van der Waals surface area (Å²) < 4.78 is 0. The predicted octanol–water partition coefficient (Wildman–Crippen LogP) is 1.34. The molecule has 0 spiro atoms. The standard InChI is InChI=1S/C11H15NO2/c1-8-3-5-9(6-4-8)7-11(2,12)10(13)14/h3-6H,7,12H2,1-2H3,(H,13,14)/t11-/m0/s1. The first-order chi connectivity index (χ1) is 6.42. The Labute approximate surface area is 83.6 Å². The summed E-state index contributed by atoms with van der Waals surface area (Å²) in [6.07, 6.45) is 0.350. The average Bonchev–Trinajstić information content (AvgIpc) is 2.08. The number of aryl methyl sites for hydroxylation is 1. The molecule has 0 amide bonds. The highest BCUT2D eigenvalue weighted by Gasteiger charge is 2.27. The molecule has 14 heavy (non-hydrogen) atoms. The monoisotopic (exact) mass is 193 g/mol. The summed E-state index contributed by atoms with van der Waals surface area (Å²) in [4.78, 5) is 10.8. The maximum Gasteiger partial charge on any atom is 0.323 e. The Morgan fingerprint density at radius 2 is 1.93 bits per heavy atom. The fraction of sp³-hybridized carbons (Fsp3) is 0.364. The van der Waals surface area contributed by atoms with E-state index in [1.807, 2.05) is 31.2 Å². The fourth-order valence-corrected chi connectivity index (χ4v) is 1.21. The maximum absolute atomic E-state index is 10.8. The number of nitrogens with two attached hydrogens (primary N) is 1. The van der Waals surface area contributed by atoms with Gasteiger partial charge in [-0.1, -0.05) is 29.8 Å². The quantitative estimate of drug-likeness (QED) is 0.761. The van der Waals surface area contributed by atoms with Crippen molar-refractivity contribution in [1.82, 2.24) is 0 Å². The lowest BCUT2D eigenvalue weighted by Gasteiger charge is -2.18. The van der Waals surface area contributed by atoms with Crippen LogP contribution < -0.4 is 5.73 Å². The average molecular weight is 193 g/mol. The Morgan fingerprint density at radius 3 is 2.36 bits per heavy atom. The Bertz CT molecular complexity index is 328. The van der Waals surface area contributed by atoms with Gasteiger partial charge in [0.2, 0.25) is 0 Å². The second-order valence-corrected chi connectivity index (χ2v) is 3.88. The zero-order chi connectivity index (χ0) is 10.8. The van der Waals surface area contributed by atoms with Gasteiger partial charge in [0, 0.05) is 6.42 Å². The van der Waals surface area contributed by atoms with E-state index in [0.717, 1.165) is 11.1 Å². The van der Waals surface area contributed by atoms with Gasteiger partial charge in [-0.25, -0.2) is 0 Å². The van der Waals surface area contributed by atoms with E-state index >= 15 is 0 Å². The molecule has 1 aromatic carbocycles. The zero-order valence-electron chi connectivity index (χ0n) is 8.45. The third-order valence-electron chi connectivity index (χ3n) is 2.18. The van der Waals surface area contributed by atoms with Crippen LogP contribution in [0.4, 0.5) is 0 Å². The van der Waals surface area contributed by atoms with Crippen LogP contribution in [0, 0.1) is 6.92 Å². The zero-order valence-corrected chi connectivity index (χ0v) is 8.45. The van der Waals surface area contributed by atoms with Gasteiger partial charge in [0.25, 0.3) is 0 Å². The van der Waals surface area contributed by atoms with E-state index in [-0.39, 0.29) is 0 Å². The van der Waals surface area contributed by atoms with Gasteiger partial charge in [-0.05, 0) is 19.4 Å². The van der Waals surface area contributed by atoms with Crippen molar-refractivity contribution < 1.29 is 9.90 Å². The SMILES string of the molecule is Cc1ccc(C[C@](C)(N)C(=O)O)cc1. The molecule has 0 bridgehead atoms. The summed E-state index contributed by atoms with van der Waals surface area (Å²) in [5.41, 5.74) is 6.55. The molecule has 1 aromatic rings. The molecule has 0 aliphatic heterocycles. The van der Waals surface area contributed by atoms with Crippen LogP contribution in [0.3, 0.4) is 0 Å². The number of carboxylic acids is 1. The molecule has 0 aliphatic rings. The Balaban J connectivity index is 2.79. The minimum Gasteiger partial charge on any atom is -0.480 e. The molecular weight excluding hydrogens is 178 g/mol. The van der Waals surface area contributed by atoms with E-state index in [4.69, 9.17) is 10.8 Å². The van der Waals surface area contributed by atoms with Gasteiger partial charge < -0.3 is 10.8 Å². The molecule has 1 rings (SSSR count). The number of benzene rings is 1. The van der Waals surface area contributed by atoms with Gasteiger partial charge in [0.15, 0.2) is 0 Å². The summed E-state index contributed by atoms with van der Waals surface area (Å²) in [6.45, 7) is 3.51. The minimum absolute atomic E-state index is 0.350. The topological polar surface area (TPSA) is 63.3 Å². The summed E-state index contributed by atoms with van der Waals surface area (Å²) in [7, 11) is 0. The fourth-order valence-electron chi connectivity index (χ4n) is 1.21. The lowest BCUT2D eigenvalue weighted by atomic mass is 9.94. The van der Waals surface area contributed by atoms with Crippen LogP contribution in [-0.2, 0) is 11.2 Å². The molecule has 3 N–H and O–H groups in total. The van der Waals surface area contributed by atoms with Gasteiger partial charge in [-0.15, -0.1) is 0 Å². The van der Waals surface area contributed by atoms with Gasteiger partial charge in [-0.2, -0.15) is 0 Å². The van der Waals surface area contributed by atoms with Crippen molar-refractivity contribution in [3.05, 3.63) is 35.4 Å². The molecule has 0 aliphatic carbocycles. The smallest absolute Gasteiger partial charge is 0.323 e. The third-order valence-corrected chi connectivity index (χ3v) is 2.18. The largest absolute Gasteiger partial charge is 0.480 e. The van der Waals surface area contributed by atoms with E-state index in [1.165, 1.54) is 6.92 Å². The van der Waals surface area contributed by atoms with E-state index in [0.29, 0.717) is 6.42 Å². The van der Waals surface area contributed by atoms with Crippen LogP contribution in [0.5, 0.6) is 0 Å². The minimum atomic E-state index is -1.19. The molecular formula is C11H15NO2. The summed E-state index contributed by atoms with van der Waals surface area (Å²) in [5.74, 6) is -0.974. The van der Waals surface area contributed by atoms with Gasteiger partial charge in [0.05, 0.1) is 0 Å². The number of carboxylic acid groups (broad SMARTS) is 1. The van der Waals surface area contributed by atoms with Crippen molar-refractivity contribution in [2.75, 3.05) is 0 Å². The molecule has 0 saturated carbocycles. The summed E-state index contributed by atoms with van der Waals surface area (Å²) in [6, 6.07) is 7.72. The van der Waals surface area contributed by atoms with Crippen LogP contribution in [-0.4, -0.2) is 16.6 Å². The molecule has 0 aromatic heterocycles. The van der Waals surface area contributed by atoms with Gasteiger partial charge in [0.1, 0.15) is 5.54 Å². The number of hydrogen-bond acceptors (Lipinski definition) is 2. The van der Waals surface area contributed by atoms with Gasteiger partial charge in [-0.3, -0.25) is 4.79 Å². The van der Waals surface area contributed by atoms with Crippen LogP contribution >= 0.6 is 0 Å². The number of rotatable bonds is 3. The summed E-state index contributed by atoms with van der Waals surface area (Å²) in [5, 5.41) is 8.83. The molecule has 0 fully saturated rings. The highest BCUT2D eigenvalue weighted by atomic mass is 16.4. The Kier molecular flexibility index (Phi) is 2.91. The normalized spacial score (nSPS) is 14.8. The number of hydrogen-bond donors (Lipinski definition) is 2. The first kappa shape index (κ1) is 10.7. The van der Waals surface area contributed by atoms with Crippen molar-refractivity contribution in [3.8, 4) is 0 Å². The Morgan fingerprint density at radius 1 is 1.43 bits per heavy atom. The van der Waals surface area contributed by atoms with Crippen LogP contribution in [0.1, 0.15) is 18.1 Å². The second-order valence-electron chi connectivity index (χ2n) is 3.88. The van der Waals surface area contributed by atoms with E-state index < -0.39 is 11.5 Å². The van der Waals surface area contributed by atoms with Crippen LogP contribution in [0.15, 0.2) is 24.3 Å². The third kappa shape index (κ3) is 2.57. The highest BCUT2D eigenvalue weighted by Crippen LogP contribution is 2.11. The lowest BCUT2D eigenvalue weighted by molar-refractivity contribution is -0.142. The van der Waals surface area contributed by atoms with Crippen molar-refractivity contribution in [3.63, 3.8) is 0 Å². The first-order valence-electron chi connectivity index (χ1n) is 4.49. The molecule has 1 atom stereocenters. The molecule has 0 radical (unpaired) electrons. The molecule has 0 saturated heterocycles. The second kappa shape index (κ2) is 3.80. The Hall–Kier alpha value is -1.35. The molecule has 3 heteroatoms. The van der Waals surface area contributed by atoms with Gasteiger partial charge >= 0.3 is 5.97 Å². The first-order valence-corrected chi connectivity index (χ1v) is 4.49. The van der Waals surface area contributed by atoms with Crippen LogP contribution in [0.25, 0.3) is 0 Å². The maximum atomic E-state index is 10.8.